The first-order valence-electron chi connectivity index (χ1n) is 7.92. The molecule has 1 heterocycles. The van der Waals surface area contributed by atoms with Crippen LogP contribution in [0.25, 0.3) is 0 Å². The van der Waals surface area contributed by atoms with Crippen molar-refractivity contribution in [2.24, 2.45) is 11.8 Å². The van der Waals surface area contributed by atoms with E-state index < -0.39 is 10.8 Å². The van der Waals surface area contributed by atoms with Gasteiger partial charge in [0.1, 0.15) is 0 Å². The Morgan fingerprint density at radius 3 is 2.28 bits per heavy atom. The molecule has 1 aliphatic heterocycles. The van der Waals surface area contributed by atoms with Gasteiger partial charge in [-0.2, -0.15) is 0 Å². The molecule has 0 aromatic heterocycles. The van der Waals surface area contributed by atoms with E-state index in [0.717, 1.165) is 42.2 Å². The largest absolute Gasteiger partial charge is 0.311 e. The molecule has 3 atom stereocenters. The van der Waals surface area contributed by atoms with Crippen LogP contribution in [0, 0.1) is 11.8 Å². The highest BCUT2D eigenvalue weighted by Gasteiger charge is 2.33. The van der Waals surface area contributed by atoms with E-state index in [9.17, 15) is 4.21 Å². The number of hydrogen-bond donors (Lipinski definition) is 1. The summed E-state index contributed by atoms with van der Waals surface area (Å²) in [7, 11) is -0.514. The molecule has 0 aromatic rings. The van der Waals surface area contributed by atoms with Gasteiger partial charge in [-0.1, -0.05) is 25.7 Å². The van der Waals surface area contributed by atoms with Crippen molar-refractivity contribution in [3.8, 4) is 0 Å². The van der Waals surface area contributed by atoms with Crippen LogP contribution >= 0.6 is 0 Å². The van der Waals surface area contributed by atoms with Crippen LogP contribution in [0.1, 0.15) is 57.8 Å². The fourth-order valence-electron chi connectivity index (χ4n) is 4.32. The van der Waals surface area contributed by atoms with Gasteiger partial charge in [0, 0.05) is 34.4 Å². The summed E-state index contributed by atoms with van der Waals surface area (Å²) in [5.41, 5.74) is 0. The van der Waals surface area contributed by atoms with E-state index in [2.05, 4.69) is 5.32 Å². The van der Waals surface area contributed by atoms with Crippen molar-refractivity contribution in [3.05, 3.63) is 0 Å². The Labute approximate surface area is 114 Å². The lowest BCUT2D eigenvalue weighted by Gasteiger charge is -2.41. The fourth-order valence-corrected chi connectivity index (χ4v) is 5.62. The molecule has 0 radical (unpaired) electrons. The standard InChI is InChI=1S/C15H27NOS/c17-18-9-7-14(8-10-18)16-15-6-5-12-3-1-2-4-13(12)11-15/h12-16H,1-11H2. The third-order valence-electron chi connectivity index (χ3n) is 5.40. The van der Waals surface area contributed by atoms with Gasteiger partial charge in [0.15, 0.2) is 0 Å². The van der Waals surface area contributed by atoms with Gasteiger partial charge < -0.3 is 5.32 Å². The SMILES string of the molecule is O=S1CCC(NC2CCC3CCCCC3C2)CC1. The average Bonchev–Trinajstić information content (AvgIpc) is 2.41. The molecule has 0 amide bonds. The molecular weight excluding hydrogens is 242 g/mol. The first kappa shape index (κ1) is 13.1. The second kappa shape index (κ2) is 6.04. The first-order valence-corrected chi connectivity index (χ1v) is 9.41. The smallest absolute Gasteiger partial charge is 0.0249 e. The Morgan fingerprint density at radius 1 is 0.778 bits per heavy atom. The highest BCUT2D eigenvalue weighted by Crippen LogP contribution is 2.40. The zero-order chi connectivity index (χ0) is 12.4. The monoisotopic (exact) mass is 269 g/mol. The molecular formula is C15H27NOS. The summed E-state index contributed by atoms with van der Waals surface area (Å²) in [5.74, 6) is 3.92. The molecule has 1 N–H and O–H groups in total. The maximum atomic E-state index is 11.4. The van der Waals surface area contributed by atoms with Crippen molar-refractivity contribution < 1.29 is 4.21 Å². The molecule has 0 bridgehead atoms. The summed E-state index contributed by atoms with van der Waals surface area (Å²) >= 11 is 0. The highest BCUT2D eigenvalue weighted by atomic mass is 32.2. The molecule has 18 heavy (non-hydrogen) atoms. The van der Waals surface area contributed by atoms with E-state index in [4.69, 9.17) is 0 Å². The molecule has 2 nitrogen and oxygen atoms in total. The normalized spacial score (nSPS) is 45.4. The van der Waals surface area contributed by atoms with E-state index in [0.29, 0.717) is 6.04 Å². The molecule has 3 unspecified atom stereocenters. The van der Waals surface area contributed by atoms with Crippen LogP contribution in [0.3, 0.4) is 0 Å². The third-order valence-corrected chi connectivity index (χ3v) is 6.78. The van der Waals surface area contributed by atoms with Gasteiger partial charge in [-0.05, 0) is 43.9 Å². The van der Waals surface area contributed by atoms with E-state index >= 15 is 0 Å². The Bertz CT molecular complexity index is 297. The zero-order valence-electron chi connectivity index (χ0n) is 11.4. The van der Waals surface area contributed by atoms with E-state index in [-0.39, 0.29) is 0 Å². The molecule has 0 spiro atoms. The Hall–Kier alpha value is 0.110. The molecule has 3 aliphatic rings. The van der Waals surface area contributed by atoms with Crippen molar-refractivity contribution in [2.75, 3.05) is 11.5 Å². The van der Waals surface area contributed by atoms with Crippen molar-refractivity contribution in [2.45, 2.75) is 69.9 Å². The van der Waals surface area contributed by atoms with Crippen molar-refractivity contribution in [1.82, 2.24) is 5.32 Å². The fraction of sp³-hybridized carbons (Fsp3) is 1.00. The molecule has 3 fully saturated rings. The number of fused-ring (bicyclic) bond motifs is 1. The molecule has 104 valence electrons. The lowest BCUT2D eigenvalue weighted by molar-refractivity contribution is 0.137. The lowest BCUT2D eigenvalue weighted by atomic mass is 9.69. The summed E-state index contributed by atoms with van der Waals surface area (Å²) < 4.78 is 11.4. The van der Waals surface area contributed by atoms with Gasteiger partial charge >= 0.3 is 0 Å². The lowest BCUT2D eigenvalue weighted by Crippen LogP contribution is -2.45. The summed E-state index contributed by atoms with van der Waals surface area (Å²) in [5, 5.41) is 3.88. The van der Waals surface area contributed by atoms with Crippen LogP contribution < -0.4 is 5.32 Å². The molecule has 1 saturated heterocycles. The Balaban J connectivity index is 1.47. The second-order valence-electron chi connectivity index (χ2n) is 6.60. The minimum absolute atomic E-state index is 0.514. The predicted molar refractivity (Wildman–Crippen MR) is 77.1 cm³/mol. The van der Waals surface area contributed by atoms with Gasteiger partial charge in [0.05, 0.1) is 0 Å². The maximum Gasteiger partial charge on any atom is 0.0249 e. The molecule has 2 aliphatic carbocycles. The van der Waals surface area contributed by atoms with Crippen molar-refractivity contribution in [3.63, 3.8) is 0 Å². The summed E-state index contributed by atoms with van der Waals surface area (Å²) in [6.07, 6.45) is 12.5. The number of rotatable bonds is 2. The maximum absolute atomic E-state index is 11.4. The summed E-state index contributed by atoms with van der Waals surface area (Å²) in [4.78, 5) is 0. The minimum atomic E-state index is -0.514. The van der Waals surface area contributed by atoms with Crippen LogP contribution in [0.2, 0.25) is 0 Å². The van der Waals surface area contributed by atoms with Crippen LogP contribution in [-0.2, 0) is 10.8 Å². The van der Waals surface area contributed by atoms with Gasteiger partial charge in [-0.25, -0.2) is 0 Å². The molecule has 3 rings (SSSR count). The summed E-state index contributed by atoms with van der Waals surface area (Å²) in [6, 6.07) is 1.42. The quantitative estimate of drug-likeness (QED) is 0.835. The van der Waals surface area contributed by atoms with Crippen LogP contribution in [0.4, 0.5) is 0 Å². The Kier molecular flexibility index (Phi) is 4.40. The second-order valence-corrected chi connectivity index (χ2v) is 8.30. The van der Waals surface area contributed by atoms with Gasteiger partial charge in [-0.15, -0.1) is 0 Å². The van der Waals surface area contributed by atoms with Gasteiger partial charge in [-0.3, -0.25) is 4.21 Å². The third kappa shape index (κ3) is 3.16. The van der Waals surface area contributed by atoms with Crippen LogP contribution in [-0.4, -0.2) is 27.8 Å². The van der Waals surface area contributed by atoms with Gasteiger partial charge in [0.25, 0.3) is 0 Å². The van der Waals surface area contributed by atoms with Crippen molar-refractivity contribution >= 4 is 10.8 Å². The average molecular weight is 269 g/mol. The Morgan fingerprint density at radius 2 is 1.50 bits per heavy atom. The van der Waals surface area contributed by atoms with Crippen molar-refractivity contribution in [1.29, 1.82) is 0 Å². The first-order chi connectivity index (χ1) is 8.81. The topological polar surface area (TPSA) is 29.1 Å². The van der Waals surface area contributed by atoms with Crippen LogP contribution in [0.15, 0.2) is 0 Å². The van der Waals surface area contributed by atoms with E-state index in [1.807, 2.05) is 0 Å². The van der Waals surface area contributed by atoms with Gasteiger partial charge in [0.2, 0.25) is 0 Å². The highest BCUT2D eigenvalue weighted by molar-refractivity contribution is 7.85. The minimum Gasteiger partial charge on any atom is -0.311 e. The van der Waals surface area contributed by atoms with Crippen LogP contribution in [0.5, 0.6) is 0 Å². The number of hydrogen-bond acceptors (Lipinski definition) is 2. The molecule has 2 saturated carbocycles. The van der Waals surface area contributed by atoms with E-state index in [1.54, 1.807) is 0 Å². The molecule has 0 aromatic carbocycles. The zero-order valence-corrected chi connectivity index (χ0v) is 12.2. The summed E-state index contributed by atoms with van der Waals surface area (Å²) in [6.45, 7) is 0. The predicted octanol–water partition coefficient (Wildman–Crippen LogP) is 2.85. The number of nitrogens with one attached hydrogen (secondary N) is 1. The molecule has 3 heteroatoms. The van der Waals surface area contributed by atoms with E-state index in [1.165, 1.54) is 44.9 Å².